The summed E-state index contributed by atoms with van der Waals surface area (Å²) in [6.07, 6.45) is 7.02. The summed E-state index contributed by atoms with van der Waals surface area (Å²) in [7, 11) is 0. The number of carbonyl (C=O) groups excluding carboxylic acids is 2. The molecule has 0 unspecified atom stereocenters. The van der Waals surface area contributed by atoms with Gasteiger partial charge >= 0.3 is 0 Å². The van der Waals surface area contributed by atoms with Gasteiger partial charge in [0.2, 0.25) is 16.9 Å². The lowest BCUT2D eigenvalue weighted by atomic mass is 10.1. The number of carbonyl (C=O) groups is 2. The van der Waals surface area contributed by atoms with E-state index in [9.17, 15) is 9.59 Å². The monoisotopic (exact) mass is 350 g/mol. The van der Waals surface area contributed by atoms with Gasteiger partial charge in [0.15, 0.2) is 0 Å². The molecule has 2 aliphatic rings. The summed E-state index contributed by atoms with van der Waals surface area (Å²) in [5.41, 5.74) is 0. The first kappa shape index (κ1) is 17.3. The van der Waals surface area contributed by atoms with E-state index < -0.39 is 0 Å². The van der Waals surface area contributed by atoms with Crippen LogP contribution in [0.4, 0.5) is 5.13 Å². The first-order valence-electron chi connectivity index (χ1n) is 9.02. The van der Waals surface area contributed by atoms with Crippen LogP contribution in [0.3, 0.4) is 0 Å². The first-order chi connectivity index (χ1) is 11.6. The summed E-state index contributed by atoms with van der Waals surface area (Å²) in [6, 6.07) is 0.346. The Balaban J connectivity index is 1.56. The van der Waals surface area contributed by atoms with E-state index in [1.165, 1.54) is 24.2 Å². The summed E-state index contributed by atoms with van der Waals surface area (Å²) >= 11 is 1.44. The largest absolute Gasteiger partial charge is 0.339 e. The highest BCUT2D eigenvalue weighted by atomic mass is 32.1. The van der Waals surface area contributed by atoms with Crippen molar-refractivity contribution in [3.05, 3.63) is 5.01 Å². The molecule has 132 valence electrons. The number of amides is 2. The van der Waals surface area contributed by atoms with Crippen molar-refractivity contribution in [2.75, 3.05) is 11.9 Å². The van der Waals surface area contributed by atoms with Crippen molar-refractivity contribution < 1.29 is 9.59 Å². The molecule has 0 spiro atoms. The maximum absolute atomic E-state index is 12.5. The normalized spacial score (nSPS) is 23.0. The molecule has 1 aromatic rings. The third-order valence-electron chi connectivity index (χ3n) is 5.11. The van der Waals surface area contributed by atoms with Crippen LogP contribution in [0, 0.1) is 5.92 Å². The topological polar surface area (TPSA) is 75.2 Å². The van der Waals surface area contributed by atoms with E-state index in [2.05, 4.69) is 29.4 Å². The Labute approximate surface area is 147 Å². The van der Waals surface area contributed by atoms with Gasteiger partial charge in [0.05, 0.1) is 5.92 Å². The number of nitrogens with zero attached hydrogens (tertiary/aromatic N) is 3. The molecule has 1 aliphatic carbocycles. The lowest BCUT2D eigenvalue weighted by molar-refractivity contribution is -0.129. The summed E-state index contributed by atoms with van der Waals surface area (Å²) < 4.78 is 0. The summed E-state index contributed by atoms with van der Waals surface area (Å²) in [4.78, 5) is 26.6. The molecule has 3 rings (SSSR count). The molecular formula is C17H26N4O2S. The molecular weight excluding hydrogens is 324 g/mol. The molecule has 1 N–H and O–H groups in total. The Kier molecular flexibility index (Phi) is 5.48. The lowest BCUT2D eigenvalue weighted by Crippen LogP contribution is -2.35. The standard InChI is InChI=1S/C17H26N4O2S/c1-3-6-11(2)16-19-20-17(24-16)18-15(23)12-9-14(22)21(10-12)13-7-4-5-8-13/h11-13H,3-10H2,1-2H3,(H,18,20,23)/t11-,12+/m1/s1. The second-order valence-electron chi connectivity index (χ2n) is 7.01. The molecule has 2 fully saturated rings. The summed E-state index contributed by atoms with van der Waals surface area (Å²) in [5.74, 6) is 0.119. The highest BCUT2D eigenvalue weighted by Crippen LogP contribution is 2.31. The van der Waals surface area contributed by atoms with Gasteiger partial charge in [-0.25, -0.2) is 0 Å². The van der Waals surface area contributed by atoms with Crippen molar-refractivity contribution in [1.29, 1.82) is 0 Å². The van der Waals surface area contributed by atoms with E-state index in [-0.39, 0.29) is 17.7 Å². The molecule has 0 radical (unpaired) electrons. The van der Waals surface area contributed by atoms with E-state index in [1.807, 2.05) is 4.90 Å². The molecule has 2 atom stereocenters. The van der Waals surface area contributed by atoms with Gasteiger partial charge < -0.3 is 10.2 Å². The van der Waals surface area contributed by atoms with Crippen LogP contribution in [0.5, 0.6) is 0 Å². The summed E-state index contributed by atoms with van der Waals surface area (Å²) in [6.45, 7) is 4.82. The average Bonchev–Trinajstić information content (AvgIpc) is 3.27. The minimum Gasteiger partial charge on any atom is -0.339 e. The van der Waals surface area contributed by atoms with E-state index in [0.29, 0.717) is 30.1 Å². The van der Waals surface area contributed by atoms with Gasteiger partial charge in [0.1, 0.15) is 5.01 Å². The van der Waals surface area contributed by atoms with Gasteiger partial charge in [0.25, 0.3) is 0 Å². The van der Waals surface area contributed by atoms with Gasteiger partial charge in [-0.2, -0.15) is 0 Å². The van der Waals surface area contributed by atoms with Crippen molar-refractivity contribution in [2.45, 2.75) is 70.8 Å². The number of hydrogen-bond acceptors (Lipinski definition) is 5. The van der Waals surface area contributed by atoms with Crippen LogP contribution < -0.4 is 5.32 Å². The van der Waals surface area contributed by atoms with Gasteiger partial charge in [-0.15, -0.1) is 10.2 Å². The maximum Gasteiger partial charge on any atom is 0.231 e. The van der Waals surface area contributed by atoms with E-state index in [0.717, 1.165) is 30.7 Å². The molecule has 6 nitrogen and oxygen atoms in total. The van der Waals surface area contributed by atoms with Gasteiger partial charge in [0, 0.05) is 24.9 Å². The van der Waals surface area contributed by atoms with Crippen molar-refractivity contribution >= 4 is 28.3 Å². The number of rotatable bonds is 6. The quantitative estimate of drug-likeness (QED) is 0.855. The fourth-order valence-electron chi connectivity index (χ4n) is 3.72. The average molecular weight is 350 g/mol. The van der Waals surface area contributed by atoms with Crippen molar-refractivity contribution in [2.24, 2.45) is 5.92 Å². The molecule has 2 amide bonds. The fourth-order valence-corrected chi connectivity index (χ4v) is 4.56. The van der Waals surface area contributed by atoms with Crippen molar-refractivity contribution in [3.63, 3.8) is 0 Å². The van der Waals surface area contributed by atoms with Crippen LogP contribution in [-0.4, -0.2) is 39.5 Å². The zero-order chi connectivity index (χ0) is 17.1. The Morgan fingerprint density at radius 3 is 2.83 bits per heavy atom. The van der Waals surface area contributed by atoms with E-state index >= 15 is 0 Å². The third kappa shape index (κ3) is 3.77. The third-order valence-corrected chi connectivity index (χ3v) is 6.18. The summed E-state index contributed by atoms with van der Waals surface area (Å²) in [5, 5.41) is 12.6. The molecule has 1 saturated heterocycles. The SMILES string of the molecule is CCC[C@@H](C)c1nnc(NC(=O)[C@H]2CC(=O)N(C3CCCC3)C2)s1. The Morgan fingerprint density at radius 1 is 1.38 bits per heavy atom. The fraction of sp³-hybridized carbons (Fsp3) is 0.765. The molecule has 7 heteroatoms. The Bertz CT molecular complexity index is 597. The van der Waals surface area contributed by atoms with Crippen LogP contribution in [-0.2, 0) is 9.59 Å². The van der Waals surface area contributed by atoms with Gasteiger partial charge in [-0.05, 0) is 19.3 Å². The van der Waals surface area contributed by atoms with Crippen molar-refractivity contribution in [3.8, 4) is 0 Å². The number of likely N-dealkylation sites (tertiary alicyclic amines) is 1. The van der Waals surface area contributed by atoms with Crippen LogP contribution in [0.1, 0.15) is 69.7 Å². The number of nitrogens with one attached hydrogen (secondary N) is 1. The molecule has 1 saturated carbocycles. The van der Waals surface area contributed by atoms with E-state index in [1.54, 1.807) is 0 Å². The second kappa shape index (κ2) is 7.59. The minimum absolute atomic E-state index is 0.102. The minimum atomic E-state index is -0.265. The molecule has 1 aromatic heterocycles. The predicted octanol–water partition coefficient (Wildman–Crippen LogP) is 3.17. The molecule has 0 aromatic carbocycles. The smallest absolute Gasteiger partial charge is 0.231 e. The van der Waals surface area contributed by atoms with Crippen LogP contribution >= 0.6 is 11.3 Å². The van der Waals surface area contributed by atoms with Crippen molar-refractivity contribution in [1.82, 2.24) is 15.1 Å². The molecule has 0 bridgehead atoms. The second-order valence-corrected chi connectivity index (χ2v) is 8.02. The Hall–Kier alpha value is -1.50. The predicted molar refractivity (Wildman–Crippen MR) is 93.9 cm³/mol. The zero-order valence-electron chi connectivity index (χ0n) is 14.5. The lowest BCUT2D eigenvalue weighted by Gasteiger charge is -2.23. The number of hydrogen-bond donors (Lipinski definition) is 1. The number of anilines is 1. The molecule has 2 heterocycles. The molecule has 1 aliphatic heterocycles. The van der Waals surface area contributed by atoms with Gasteiger partial charge in [-0.3, -0.25) is 9.59 Å². The maximum atomic E-state index is 12.5. The Morgan fingerprint density at radius 2 is 2.12 bits per heavy atom. The zero-order valence-corrected chi connectivity index (χ0v) is 15.3. The van der Waals surface area contributed by atoms with Gasteiger partial charge in [-0.1, -0.05) is 44.4 Å². The van der Waals surface area contributed by atoms with Crippen LogP contribution in [0.25, 0.3) is 0 Å². The van der Waals surface area contributed by atoms with Crippen LogP contribution in [0.2, 0.25) is 0 Å². The first-order valence-corrected chi connectivity index (χ1v) is 9.83. The highest BCUT2D eigenvalue weighted by Gasteiger charge is 2.38. The van der Waals surface area contributed by atoms with Crippen LogP contribution in [0.15, 0.2) is 0 Å². The molecule has 24 heavy (non-hydrogen) atoms. The highest BCUT2D eigenvalue weighted by molar-refractivity contribution is 7.15. The number of aromatic nitrogens is 2. The van der Waals surface area contributed by atoms with E-state index in [4.69, 9.17) is 0 Å².